The highest BCUT2D eigenvalue weighted by molar-refractivity contribution is 5.69. The van der Waals surface area contributed by atoms with E-state index in [1.807, 2.05) is 25.7 Å². The number of ether oxygens (including phenoxy) is 1. The summed E-state index contributed by atoms with van der Waals surface area (Å²) < 4.78 is 5.41. The van der Waals surface area contributed by atoms with Gasteiger partial charge in [-0.15, -0.1) is 0 Å². The lowest BCUT2D eigenvalue weighted by Gasteiger charge is -2.40. The molecule has 3 N–H and O–H groups in total. The maximum atomic E-state index is 12.1. The van der Waals surface area contributed by atoms with E-state index in [9.17, 15) is 9.90 Å². The van der Waals surface area contributed by atoms with Crippen LogP contribution in [-0.2, 0) is 4.74 Å². The molecule has 1 aliphatic carbocycles. The molecule has 104 valence electrons. The Morgan fingerprint density at radius 2 is 2.22 bits per heavy atom. The van der Waals surface area contributed by atoms with Crippen LogP contribution in [0.25, 0.3) is 0 Å². The van der Waals surface area contributed by atoms with Gasteiger partial charge in [0.2, 0.25) is 0 Å². The number of aliphatic hydroxyl groups is 1. The van der Waals surface area contributed by atoms with Crippen molar-refractivity contribution >= 4 is 6.09 Å². The van der Waals surface area contributed by atoms with Gasteiger partial charge in [-0.25, -0.2) is 4.79 Å². The van der Waals surface area contributed by atoms with Crippen LogP contribution in [0.1, 0.15) is 27.2 Å². The van der Waals surface area contributed by atoms with Gasteiger partial charge < -0.3 is 20.5 Å². The fourth-order valence-electron chi connectivity index (χ4n) is 3.25. The van der Waals surface area contributed by atoms with Gasteiger partial charge in [-0.3, -0.25) is 0 Å². The molecule has 0 aromatic rings. The summed E-state index contributed by atoms with van der Waals surface area (Å²) in [5.74, 6) is 0.955. The third kappa shape index (κ3) is 2.34. The largest absolute Gasteiger partial charge is 0.444 e. The minimum Gasteiger partial charge on any atom is -0.444 e. The smallest absolute Gasteiger partial charge is 0.410 e. The summed E-state index contributed by atoms with van der Waals surface area (Å²) in [5.41, 5.74) is 5.22. The van der Waals surface area contributed by atoms with E-state index >= 15 is 0 Å². The molecule has 2 saturated heterocycles. The molecule has 0 aromatic carbocycles. The first-order chi connectivity index (χ1) is 8.37. The van der Waals surface area contributed by atoms with Gasteiger partial charge in [0.1, 0.15) is 5.60 Å². The number of hydrogen-bond donors (Lipinski definition) is 2. The van der Waals surface area contributed by atoms with Gasteiger partial charge in [0.15, 0.2) is 0 Å². The minimum atomic E-state index is -0.455. The van der Waals surface area contributed by atoms with Gasteiger partial charge in [0.05, 0.1) is 0 Å². The standard InChI is InChI=1S/C13H24N2O3/c1-13(2,3)18-12(17)15-6-8-4-10(15)11(8)9(5-14)7-16/h8-11,16H,4-7,14H2,1-3H3/t8-,9?,10-,11?/m0/s1. The van der Waals surface area contributed by atoms with Crippen molar-refractivity contribution in [3.63, 3.8) is 0 Å². The Labute approximate surface area is 108 Å². The van der Waals surface area contributed by atoms with E-state index < -0.39 is 5.60 Å². The number of amides is 1. The molecule has 3 aliphatic rings. The summed E-state index contributed by atoms with van der Waals surface area (Å²) in [6.07, 6.45) is 0.798. The number of rotatable bonds is 3. The van der Waals surface area contributed by atoms with Gasteiger partial charge >= 0.3 is 6.09 Å². The van der Waals surface area contributed by atoms with Gasteiger partial charge in [-0.05, 0) is 51.5 Å². The van der Waals surface area contributed by atoms with Crippen LogP contribution in [0.5, 0.6) is 0 Å². The predicted octanol–water partition coefficient (Wildman–Crippen LogP) is 0.809. The zero-order chi connectivity index (χ0) is 13.5. The van der Waals surface area contributed by atoms with Crippen molar-refractivity contribution in [3.05, 3.63) is 0 Å². The third-order valence-corrected chi connectivity index (χ3v) is 4.07. The topological polar surface area (TPSA) is 75.8 Å². The van der Waals surface area contributed by atoms with E-state index in [4.69, 9.17) is 10.5 Å². The molecule has 5 heteroatoms. The number of nitrogens with two attached hydrogens (primary N) is 1. The fourth-order valence-corrected chi connectivity index (χ4v) is 3.25. The second-order valence-electron chi connectivity index (χ2n) is 6.45. The molecule has 0 radical (unpaired) electrons. The summed E-state index contributed by atoms with van der Waals surface area (Å²) in [7, 11) is 0. The molecular formula is C13H24N2O3. The highest BCUT2D eigenvalue weighted by Gasteiger charge is 2.56. The Balaban J connectivity index is 1.97. The Morgan fingerprint density at radius 1 is 1.56 bits per heavy atom. The Kier molecular flexibility index (Phi) is 3.56. The maximum absolute atomic E-state index is 12.1. The van der Waals surface area contributed by atoms with Crippen LogP contribution in [-0.4, -0.2) is 47.4 Å². The van der Waals surface area contributed by atoms with Crippen LogP contribution in [0.4, 0.5) is 4.79 Å². The molecule has 3 rings (SSSR count). The number of nitrogens with zero attached hydrogens (tertiary/aromatic N) is 1. The van der Waals surface area contributed by atoms with Gasteiger partial charge in [-0.2, -0.15) is 0 Å². The summed E-state index contributed by atoms with van der Waals surface area (Å²) >= 11 is 0. The van der Waals surface area contributed by atoms with Crippen molar-refractivity contribution in [1.29, 1.82) is 0 Å². The van der Waals surface area contributed by atoms with Crippen LogP contribution >= 0.6 is 0 Å². The second-order valence-corrected chi connectivity index (χ2v) is 6.45. The first-order valence-electron chi connectivity index (χ1n) is 6.68. The number of hydrogen-bond acceptors (Lipinski definition) is 4. The quantitative estimate of drug-likeness (QED) is 0.783. The second kappa shape index (κ2) is 4.70. The molecule has 2 heterocycles. The molecule has 18 heavy (non-hydrogen) atoms. The van der Waals surface area contributed by atoms with E-state index in [-0.39, 0.29) is 24.7 Å². The SMILES string of the molecule is CC(C)(C)OC(=O)N1C[C@@H]2C[C@H]1C2C(CN)CO. The van der Waals surface area contributed by atoms with Gasteiger partial charge in [-0.1, -0.05) is 0 Å². The molecule has 1 saturated carbocycles. The van der Waals surface area contributed by atoms with Crippen LogP contribution < -0.4 is 5.73 Å². The van der Waals surface area contributed by atoms with Crippen molar-refractivity contribution in [2.45, 2.75) is 38.8 Å². The molecule has 3 fully saturated rings. The van der Waals surface area contributed by atoms with Crippen LogP contribution in [0.2, 0.25) is 0 Å². The Bertz CT molecular complexity index is 323. The van der Waals surface area contributed by atoms with E-state index in [1.54, 1.807) is 0 Å². The normalized spacial score (nSPS) is 32.1. The summed E-state index contributed by atoms with van der Waals surface area (Å²) in [6, 6.07) is 0.213. The monoisotopic (exact) mass is 256 g/mol. The first-order valence-corrected chi connectivity index (χ1v) is 6.68. The minimum absolute atomic E-state index is 0.107. The van der Waals surface area contributed by atoms with Crippen LogP contribution in [0.3, 0.4) is 0 Å². The zero-order valence-electron chi connectivity index (χ0n) is 11.4. The number of aliphatic hydroxyl groups excluding tert-OH is 1. The lowest BCUT2D eigenvalue weighted by Crippen LogP contribution is -2.48. The molecule has 1 amide bonds. The summed E-state index contributed by atoms with van der Waals surface area (Å²) in [5, 5.41) is 9.32. The summed E-state index contributed by atoms with van der Waals surface area (Å²) in [6.45, 7) is 6.96. The summed E-state index contributed by atoms with van der Waals surface area (Å²) in [4.78, 5) is 13.9. The van der Waals surface area contributed by atoms with Crippen molar-refractivity contribution < 1.29 is 14.6 Å². The Morgan fingerprint density at radius 3 is 2.72 bits per heavy atom. The van der Waals surface area contributed by atoms with Crippen molar-refractivity contribution in [2.75, 3.05) is 19.7 Å². The van der Waals surface area contributed by atoms with E-state index in [0.717, 1.165) is 13.0 Å². The number of carbonyl (C=O) groups is 1. The van der Waals surface area contributed by atoms with E-state index in [0.29, 0.717) is 18.4 Å². The van der Waals surface area contributed by atoms with Crippen molar-refractivity contribution in [1.82, 2.24) is 4.90 Å². The number of fused-ring (bicyclic) bond motifs is 1. The van der Waals surface area contributed by atoms with Gasteiger partial charge in [0, 0.05) is 19.2 Å². The van der Waals surface area contributed by atoms with Gasteiger partial charge in [0.25, 0.3) is 0 Å². The van der Waals surface area contributed by atoms with E-state index in [2.05, 4.69) is 0 Å². The molecule has 2 unspecified atom stereocenters. The average molecular weight is 256 g/mol. The van der Waals surface area contributed by atoms with Crippen molar-refractivity contribution in [2.24, 2.45) is 23.5 Å². The van der Waals surface area contributed by atoms with Crippen LogP contribution in [0, 0.1) is 17.8 Å². The third-order valence-electron chi connectivity index (χ3n) is 4.07. The molecule has 4 atom stereocenters. The van der Waals surface area contributed by atoms with Crippen LogP contribution in [0.15, 0.2) is 0 Å². The Hall–Kier alpha value is -0.810. The predicted molar refractivity (Wildman–Crippen MR) is 68.0 cm³/mol. The molecule has 2 aliphatic heterocycles. The fraction of sp³-hybridized carbons (Fsp3) is 0.923. The molecule has 0 spiro atoms. The molecular weight excluding hydrogens is 232 g/mol. The molecule has 0 aromatic heterocycles. The average Bonchev–Trinajstić information content (AvgIpc) is 2.81. The number of carbonyl (C=O) groups excluding carboxylic acids is 1. The molecule has 2 bridgehead atoms. The highest BCUT2D eigenvalue weighted by atomic mass is 16.6. The molecule has 5 nitrogen and oxygen atoms in total. The van der Waals surface area contributed by atoms with E-state index in [1.165, 1.54) is 0 Å². The zero-order valence-corrected chi connectivity index (χ0v) is 11.4. The lowest BCUT2D eigenvalue weighted by atomic mass is 9.67. The highest BCUT2D eigenvalue weighted by Crippen LogP contribution is 2.50. The van der Waals surface area contributed by atoms with Crippen molar-refractivity contribution in [3.8, 4) is 0 Å². The first kappa shape index (κ1) is 13.6. The maximum Gasteiger partial charge on any atom is 0.410 e. The lowest BCUT2D eigenvalue weighted by molar-refractivity contribution is 0.0117.